The summed E-state index contributed by atoms with van der Waals surface area (Å²) in [5, 5.41) is 0. The van der Waals surface area contributed by atoms with Gasteiger partial charge in [-0.1, -0.05) is 40.0 Å². The lowest BCUT2D eigenvalue weighted by molar-refractivity contribution is -0.292. The highest BCUT2D eigenvalue weighted by Gasteiger charge is 2.38. The van der Waals surface area contributed by atoms with E-state index in [9.17, 15) is 0 Å². The zero-order valence-electron chi connectivity index (χ0n) is 11.6. The summed E-state index contributed by atoms with van der Waals surface area (Å²) in [6.07, 6.45) is 6.55. The molecule has 2 heteroatoms. The molecule has 0 radical (unpaired) electrons. The molecule has 0 aromatic heterocycles. The second kappa shape index (κ2) is 5.50. The van der Waals surface area contributed by atoms with Gasteiger partial charge in [-0.3, -0.25) is 0 Å². The van der Waals surface area contributed by atoms with E-state index in [0.29, 0.717) is 6.10 Å². The first-order chi connectivity index (χ1) is 7.37. The maximum Gasteiger partial charge on any atom is 0.163 e. The van der Waals surface area contributed by atoms with E-state index in [-0.39, 0.29) is 5.41 Å². The quantitative estimate of drug-likeness (QED) is 0.659. The van der Waals surface area contributed by atoms with E-state index in [1.807, 2.05) is 13.8 Å². The van der Waals surface area contributed by atoms with Crippen LogP contribution in [0.4, 0.5) is 0 Å². The van der Waals surface area contributed by atoms with Crippen molar-refractivity contribution in [3.63, 3.8) is 0 Å². The molecule has 1 saturated heterocycles. The average Bonchev–Trinajstić information content (AvgIpc) is 2.16. The zero-order chi connectivity index (χ0) is 12.2. The fourth-order valence-corrected chi connectivity index (χ4v) is 2.39. The zero-order valence-corrected chi connectivity index (χ0v) is 11.6. The molecular formula is C14H28O2. The van der Waals surface area contributed by atoms with Crippen LogP contribution in [0.3, 0.4) is 0 Å². The van der Waals surface area contributed by atoms with Gasteiger partial charge in [-0.25, -0.2) is 0 Å². The van der Waals surface area contributed by atoms with Crippen LogP contribution in [-0.4, -0.2) is 18.5 Å². The van der Waals surface area contributed by atoms with Gasteiger partial charge in [0.1, 0.15) is 0 Å². The first kappa shape index (κ1) is 14.0. The summed E-state index contributed by atoms with van der Waals surface area (Å²) < 4.78 is 11.6. The number of hydrogen-bond donors (Lipinski definition) is 0. The SMILES string of the molecule is CCCCCC(C)(C)[C@@H]1CCOC(C)(C)O1. The second-order valence-electron chi connectivity index (χ2n) is 6.09. The van der Waals surface area contributed by atoms with Gasteiger partial charge in [0.2, 0.25) is 0 Å². The van der Waals surface area contributed by atoms with E-state index < -0.39 is 5.79 Å². The highest BCUT2D eigenvalue weighted by atomic mass is 16.7. The lowest BCUT2D eigenvalue weighted by Crippen LogP contribution is -2.46. The van der Waals surface area contributed by atoms with Crippen LogP contribution in [0.1, 0.15) is 66.7 Å². The summed E-state index contributed by atoms with van der Waals surface area (Å²) in [6, 6.07) is 0. The third-order valence-corrected chi connectivity index (χ3v) is 3.55. The third kappa shape index (κ3) is 4.06. The molecule has 1 aliphatic heterocycles. The van der Waals surface area contributed by atoms with Crippen molar-refractivity contribution in [1.29, 1.82) is 0 Å². The van der Waals surface area contributed by atoms with Crippen LogP contribution in [0.15, 0.2) is 0 Å². The molecule has 0 aromatic rings. The standard InChI is InChI=1S/C14H28O2/c1-6-7-8-10-13(2,3)12-9-11-15-14(4,5)16-12/h12H,6-11H2,1-5H3/t12-/m0/s1. The molecule has 0 amide bonds. The van der Waals surface area contributed by atoms with Crippen molar-refractivity contribution in [3.05, 3.63) is 0 Å². The van der Waals surface area contributed by atoms with Crippen LogP contribution in [0.25, 0.3) is 0 Å². The number of hydrogen-bond acceptors (Lipinski definition) is 2. The van der Waals surface area contributed by atoms with Crippen molar-refractivity contribution < 1.29 is 9.47 Å². The van der Waals surface area contributed by atoms with Crippen LogP contribution in [0.5, 0.6) is 0 Å². The maximum atomic E-state index is 6.05. The normalized spacial score (nSPS) is 25.7. The summed E-state index contributed by atoms with van der Waals surface area (Å²) in [6.45, 7) is 11.8. The van der Waals surface area contributed by atoms with E-state index in [0.717, 1.165) is 13.0 Å². The summed E-state index contributed by atoms with van der Waals surface area (Å²) >= 11 is 0. The van der Waals surface area contributed by atoms with Crippen molar-refractivity contribution in [2.45, 2.75) is 78.6 Å². The molecule has 96 valence electrons. The Morgan fingerprint density at radius 3 is 2.50 bits per heavy atom. The Bertz CT molecular complexity index is 209. The predicted octanol–water partition coefficient (Wildman–Crippen LogP) is 4.13. The molecule has 1 atom stereocenters. The van der Waals surface area contributed by atoms with E-state index in [2.05, 4.69) is 20.8 Å². The summed E-state index contributed by atoms with van der Waals surface area (Å²) in [5.74, 6) is -0.398. The Balaban J connectivity index is 2.47. The smallest absolute Gasteiger partial charge is 0.163 e. The Hall–Kier alpha value is -0.0800. The highest BCUT2D eigenvalue weighted by Crippen LogP contribution is 2.37. The van der Waals surface area contributed by atoms with Crippen molar-refractivity contribution in [2.75, 3.05) is 6.61 Å². The number of unbranched alkanes of at least 4 members (excludes halogenated alkanes) is 2. The Morgan fingerprint density at radius 2 is 1.94 bits per heavy atom. The summed E-state index contributed by atoms with van der Waals surface area (Å²) in [7, 11) is 0. The highest BCUT2D eigenvalue weighted by molar-refractivity contribution is 4.83. The van der Waals surface area contributed by atoms with Crippen LogP contribution in [-0.2, 0) is 9.47 Å². The van der Waals surface area contributed by atoms with E-state index in [4.69, 9.17) is 9.47 Å². The van der Waals surface area contributed by atoms with Gasteiger partial charge in [0.05, 0.1) is 12.7 Å². The summed E-state index contributed by atoms with van der Waals surface area (Å²) in [4.78, 5) is 0. The average molecular weight is 228 g/mol. The van der Waals surface area contributed by atoms with Crippen molar-refractivity contribution in [2.24, 2.45) is 5.41 Å². The minimum atomic E-state index is -0.398. The molecule has 1 heterocycles. The van der Waals surface area contributed by atoms with Gasteiger partial charge in [-0.2, -0.15) is 0 Å². The Labute approximate surface area is 101 Å². The Morgan fingerprint density at radius 1 is 1.25 bits per heavy atom. The minimum absolute atomic E-state index is 0.274. The molecular weight excluding hydrogens is 200 g/mol. The molecule has 0 aliphatic carbocycles. The first-order valence-electron chi connectivity index (χ1n) is 6.69. The van der Waals surface area contributed by atoms with Crippen LogP contribution in [0, 0.1) is 5.41 Å². The molecule has 0 N–H and O–H groups in total. The topological polar surface area (TPSA) is 18.5 Å². The first-order valence-corrected chi connectivity index (χ1v) is 6.69. The second-order valence-corrected chi connectivity index (χ2v) is 6.09. The molecule has 0 unspecified atom stereocenters. The number of rotatable bonds is 5. The van der Waals surface area contributed by atoms with Gasteiger partial charge in [-0.15, -0.1) is 0 Å². The van der Waals surface area contributed by atoms with Gasteiger partial charge in [0, 0.05) is 0 Å². The molecule has 0 bridgehead atoms. The molecule has 0 spiro atoms. The molecule has 2 nitrogen and oxygen atoms in total. The van der Waals surface area contributed by atoms with Gasteiger partial charge in [0.15, 0.2) is 5.79 Å². The van der Waals surface area contributed by atoms with Gasteiger partial charge in [-0.05, 0) is 32.1 Å². The molecule has 1 fully saturated rings. The van der Waals surface area contributed by atoms with Crippen molar-refractivity contribution in [1.82, 2.24) is 0 Å². The van der Waals surface area contributed by atoms with Crippen LogP contribution < -0.4 is 0 Å². The lowest BCUT2D eigenvalue weighted by Gasteiger charge is -2.43. The Kier molecular flexibility index (Phi) is 4.81. The fourth-order valence-electron chi connectivity index (χ4n) is 2.39. The fraction of sp³-hybridized carbons (Fsp3) is 1.00. The van der Waals surface area contributed by atoms with E-state index >= 15 is 0 Å². The lowest BCUT2D eigenvalue weighted by atomic mass is 9.79. The largest absolute Gasteiger partial charge is 0.350 e. The van der Waals surface area contributed by atoms with E-state index in [1.54, 1.807) is 0 Å². The minimum Gasteiger partial charge on any atom is -0.350 e. The molecule has 0 aromatic carbocycles. The number of ether oxygens (including phenoxy) is 2. The van der Waals surface area contributed by atoms with Crippen molar-refractivity contribution in [3.8, 4) is 0 Å². The van der Waals surface area contributed by atoms with Gasteiger partial charge >= 0.3 is 0 Å². The van der Waals surface area contributed by atoms with Crippen LogP contribution in [0.2, 0.25) is 0 Å². The third-order valence-electron chi connectivity index (χ3n) is 3.55. The van der Waals surface area contributed by atoms with E-state index in [1.165, 1.54) is 25.7 Å². The van der Waals surface area contributed by atoms with Crippen molar-refractivity contribution >= 4 is 0 Å². The van der Waals surface area contributed by atoms with Gasteiger partial charge in [0.25, 0.3) is 0 Å². The monoisotopic (exact) mass is 228 g/mol. The molecule has 1 aliphatic rings. The predicted molar refractivity (Wildman–Crippen MR) is 67.4 cm³/mol. The molecule has 16 heavy (non-hydrogen) atoms. The maximum absolute atomic E-state index is 6.05. The molecule has 1 rings (SSSR count). The summed E-state index contributed by atoms with van der Waals surface area (Å²) in [5.41, 5.74) is 0.274. The van der Waals surface area contributed by atoms with Crippen LogP contribution >= 0.6 is 0 Å². The van der Waals surface area contributed by atoms with Gasteiger partial charge < -0.3 is 9.47 Å². The molecule has 0 saturated carbocycles.